The lowest BCUT2D eigenvalue weighted by Gasteiger charge is -2.18. The summed E-state index contributed by atoms with van der Waals surface area (Å²) in [4.78, 5) is 26.3. The number of carbonyl (C=O) groups is 2. The normalized spacial score (nSPS) is 16.8. The minimum absolute atomic E-state index is 0.0973. The van der Waals surface area contributed by atoms with Crippen LogP contribution in [0.25, 0.3) is 0 Å². The first-order chi connectivity index (χ1) is 12.1. The smallest absolute Gasteiger partial charge is 0.229 e. The Hall–Kier alpha value is -2.53. The molecule has 0 spiro atoms. The molecule has 0 aliphatic carbocycles. The average Bonchev–Trinajstić information content (AvgIpc) is 2.99. The van der Waals surface area contributed by atoms with Crippen LogP contribution in [0, 0.1) is 5.92 Å². The van der Waals surface area contributed by atoms with Crippen LogP contribution in [-0.4, -0.2) is 25.0 Å². The molecule has 0 aromatic heterocycles. The van der Waals surface area contributed by atoms with Crippen molar-refractivity contribution in [3.63, 3.8) is 0 Å². The van der Waals surface area contributed by atoms with E-state index in [1.165, 1.54) is 0 Å². The summed E-state index contributed by atoms with van der Waals surface area (Å²) < 4.78 is 5.38. The Morgan fingerprint density at radius 3 is 2.64 bits per heavy atom. The van der Waals surface area contributed by atoms with Crippen molar-refractivity contribution >= 4 is 34.8 Å². The molecule has 25 heavy (non-hydrogen) atoms. The van der Waals surface area contributed by atoms with Gasteiger partial charge in [-0.15, -0.1) is 0 Å². The van der Waals surface area contributed by atoms with Gasteiger partial charge in [-0.2, -0.15) is 0 Å². The van der Waals surface area contributed by atoms with Crippen LogP contribution in [0.15, 0.2) is 48.5 Å². The molecule has 130 valence electrons. The SMILES string of the molecule is CCOc1ccc(NC(=O)[C@@H]2CC(=O)N(c3ccccc3Cl)C2)cc1. The van der Waals surface area contributed by atoms with E-state index >= 15 is 0 Å². The minimum Gasteiger partial charge on any atom is -0.494 e. The van der Waals surface area contributed by atoms with Crippen LogP contribution in [-0.2, 0) is 9.59 Å². The van der Waals surface area contributed by atoms with E-state index in [-0.39, 0.29) is 18.2 Å². The molecule has 6 heteroatoms. The molecule has 3 rings (SSSR count). The Kier molecular flexibility index (Phi) is 5.24. The predicted molar refractivity (Wildman–Crippen MR) is 98.2 cm³/mol. The maximum absolute atomic E-state index is 12.5. The minimum atomic E-state index is -0.407. The highest BCUT2D eigenvalue weighted by atomic mass is 35.5. The molecule has 1 atom stereocenters. The van der Waals surface area contributed by atoms with Gasteiger partial charge in [-0.1, -0.05) is 23.7 Å². The van der Waals surface area contributed by atoms with E-state index < -0.39 is 5.92 Å². The van der Waals surface area contributed by atoms with Crippen LogP contribution in [0.3, 0.4) is 0 Å². The van der Waals surface area contributed by atoms with Gasteiger partial charge in [0.25, 0.3) is 0 Å². The number of anilines is 2. The highest BCUT2D eigenvalue weighted by Gasteiger charge is 2.35. The van der Waals surface area contributed by atoms with E-state index in [4.69, 9.17) is 16.3 Å². The zero-order valence-electron chi connectivity index (χ0n) is 13.9. The van der Waals surface area contributed by atoms with Crippen molar-refractivity contribution in [2.75, 3.05) is 23.4 Å². The Balaban J connectivity index is 1.65. The highest BCUT2D eigenvalue weighted by Crippen LogP contribution is 2.31. The first kappa shape index (κ1) is 17.3. The fourth-order valence-electron chi connectivity index (χ4n) is 2.83. The number of amides is 2. The quantitative estimate of drug-likeness (QED) is 0.886. The summed E-state index contributed by atoms with van der Waals surface area (Å²) >= 11 is 6.16. The van der Waals surface area contributed by atoms with E-state index in [0.29, 0.717) is 29.5 Å². The predicted octanol–water partition coefficient (Wildman–Crippen LogP) is 3.73. The molecule has 2 amide bonds. The Bertz CT molecular complexity index is 776. The molecule has 5 nitrogen and oxygen atoms in total. The van der Waals surface area contributed by atoms with Gasteiger partial charge in [-0.05, 0) is 43.3 Å². The van der Waals surface area contributed by atoms with Gasteiger partial charge in [0.15, 0.2) is 0 Å². The number of halogens is 1. The number of benzene rings is 2. The van der Waals surface area contributed by atoms with Gasteiger partial charge in [0.05, 0.1) is 23.2 Å². The Morgan fingerprint density at radius 2 is 1.96 bits per heavy atom. The van der Waals surface area contributed by atoms with Gasteiger partial charge in [-0.3, -0.25) is 9.59 Å². The number of hydrogen-bond donors (Lipinski definition) is 1. The number of carbonyl (C=O) groups excluding carboxylic acids is 2. The molecule has 0 radical (unpaired) electrons. The monoisotopic (exact) mass is 358 g/mol. The van der Waals surface area contributed by atoms with Crippen LogP contribution in [0.1, 0.15) is 13.3 Å². The third-order valence-corrected chi connectivity index (χ3v) is 4.39. The van der Waals surface area contributed by atoms with Crippen molar-refractivity contribution in [1.82, 2.24) is 0 Å². The molecular weight excluding hydrogens is 340 g/mol. The zero-order valence-corrected chi connectivity index (χ0v) is 14.6. The summed E-state index contributed by atoms with van der Waals surface area (Å²) in [6.45, 7) is 2.83. The summed E-state index contributed by atoms with van der Waals surface area (Å²) in [5.41, 5.74) is 1.32. The van der Waals surface area contributed by atoms with Crippen LogP contribution in [0.2, 0.25) is 5.02 Å². The van der Waals surface area contributed by atoms with Crippen LogP contribution in [0.4, 0.5) is 11.4 Å². The molecule has 0 unspecified atom stereocenters. The second-order valence-corrected chi connectivity index (χ2v) is 6.21. The number of hydrogen-bond acceptors (Lipinski definition) is 3. The summed E-state index contributed by atoms with van der Waals surface area (Å²) in [5, 5.41) is 3.36. The molecule has 1 fully saturated rings. The van der Waals surface area contributed by atoms with E-state index in [0.717, 1.165) is 5.75 Å². The summed E-state index contributed by atoms with van der Waals surface area (Å²) in [5.74, 6) is 0.0730. The molecule has 0 bridgehead atoms. The molecule has 1 heterocycles. The lowest BCUT2D eigenvalue weighted by molar-refractivity contribution is -0.122. The van der Waals surface area contributed by atoms with Crippen molar-refractivity contribution in [2.24, 2.45) is 5.92 Å². The molecule has 1 saturated heterocycles. The average molecular weight is 359 g/mol. The van der Waals surface area contributed by atoms with E-state index in [2.05, 4.69) is 5.32 Å². The van der Waals surface area contributed by atoms with Gasteiger partial charge in [0.1, 0.15) is 5.75 Å². The molecule has 1 N–H and O–H groups in total. The first-order valence-electron chi connectivity index (χ1n) is 8.17. The van der Waals surface area contributed by atoms with E-state index in [1.54, 1.807) is 41.3 Å². The lowest BCUT2D eigenvalue weighted by atomic mass is 10.1. The van der Waals surface area contributed by atoms with E-state index in [1.807, 2.05) is 19.1 Å². The van der Waals surface area contributed by atoms with Crippen LogP contribution in [0.5, 0.6) is 5.75 Å². The standard InChI is InChI=1S/C19H19ClN2O3/c1-2-25-15-9-7-14(8-10-15)21-19(24)13-11-18(23)22(12-13)17-6-4-3-5-16(17)20/h3-10,13H,2,11-12H2,1H3,(H,21,24)/t13-/m1/s1. The number of rotatable bonds is 5. The van der Waals surface area contributed by atoms with Crippen molar-refractivity contribution in [3.05, 3.63) is 53.6 Å². The maximum Gasteiger partial charge on any atom is 0.229 e. The number of para-hydroxylation sites is 1. The van der Waals surface area contributed by atoms with Gasteiger partial charge in [-0.25, -0.2) is 0 Å². The second-order valence-electron chi connectivity index (χ2n) is 5.80. The van der Waals surface area contributed by atoms with Crippen LogP contribution >= 0.6 is 11.6 Å². The maximum atomic E-state index is 12.5. The summed E-state index contributed by atoms with van der Waals surface area (Å²) in [6.07, 6.45) is 0.175. The Labute approximate surface area is 151 Å². The first-order valence-corrected chi connectivity index (χ1v) is 8.55. The third kappa shape index (κ3) is 3.94. The van der Waals surface area contributed by atoms with Gasteiger partial charge >= 0.3 is 0 Å². The van der Waals surface area contributed by atoms with Crippen molar-refractivity contribution in [1.29, 1.82) is 0 Å². The van der Waals surface area contributed by atoms with Gasteiger partial charge in [0, 0.05) is 18.7 Å². The molecular formula is C19H19ClN2O3. The number of nitrogens with zero attached hydrogens (tertiary/aromatic N) is 1. The Morgan fingerprint density at radius 1 is 1.24 bits per heavy atom. The zero-order chi connectivity index (χ0) is 17.8. The molecule has 0 saturated carbocycles. The fraction of sp³-hybridized carbons (Fsp3) is 0.263. The number of nitrogens with one attached hydrogen (secondary N) is 1. The topological polar surface area (TPSA) is 58.6 Å². The number of ether oxygens (including phenoxy) is 1. The summed E-state index contributed by atoms with van der Waals surface area (Å²) in [7, 11) is 0. The van der Waals surface area contributed by atoms with Gasteiger partial charge in [0.2, 0.25) is 11.8 Å². The summed E-state index contributed by atoms with van der Waals surface area (Å²) in [6, 6.07) is 14.3. The van der Waals surface area contributed by atoms with Crippen molar-refractivity contribution in [3.8, 4) is 5.75 Å². The fourth-order valence-corrected chi connectivity index (χ4v) is 3.07. The van der Waals surface area contributed by atoms with Crippen LogP contribution < -0.4 is 15.0 Å². The molecule has 2 aromatic rings. The molecule has 1 aliphatic heterocycles. The van der Waals surface area contributed by atoms with Crippen molar-refractivity contribution < 1.29 is 14.3 Å². The van der Waals surface area contributed by atoms with E-state index in [9.17, 15) is 9.59 Å². The largest absolute Gasteiger partial charge is 0.494 e. The lowest BCUT2D eigenvalue weighted by Crippen LogP contribution is -2.28. The molecule has 2 aromatic carbocycles. The second kappa shape index (κ2) is 7.57. The molecule has 1 aliphatic rings. The third-order valence-electron chi connectivity index (χ3n) is 4.07. The highest BCUT2D eigenvalue weighted by molar-refractivity contribution is 6.33. The van der Waals surface area contributed by atoms with Gasteiger partial charge < -0.3 is 15.0 Å². The van der Waals surface area contributed by atoms with Crippen molar-refractivity contribution in [2.45, 2.75) is 13.3 Å².